The van der Waals surface area contributed by atoms with Gasteiger partial charge in [-0.3, -0.25) is 0 Å². The molecule has 15 heavy (non-hydrogen) atoms. The first kappa shape index (κ1) is 10.9. The van der Waals surface area contributed by atoms with Crippen molar-refractivity contribution in [3.63, 3.8) is 0 Å². The summed E-state index contributed by atoms with van der Waals surface area (Å²) < 4.78 is 11.3. The van der Waals surface area contributed by atoms with Crippen LogP contribution in [-0.2, 0) is 9.47 Å². The minimum Gasteiger partial charge on any atom is -0.411 e. The largest absolute Gasteiger partial charge is 0.411 e. The van der Waals surface area contributed by atoms with E-state index in [1.165, 1.54) is 6.42 Å². The van der Waals surface area contributed by atoms with E-state index in [-0.39, 0.29) is 0 Å². The minimum absolute atomic E-state index is 0.318. The molecular weight excluding hydrogens is 194 g/mol. The molecule has 0 aromatic carbocycles. The second-order valence-corrected chi connectivity index (χ2v) is 4.33. The second-order valence-electron chi connectivity index (χ2n) is 4.33. The van der Waals surface area contributed by atoms with E-state index in [0.717, 1.165) is 51.0 Å². The Labute approximate surface area is 90.2 Å². The molecule has 1 saturated heterocycles. The van der Waals surface area contributed by atoms with Gasteiger partial charge in [-0.05, 0) is 38.5 Å². The highest BCUT2D eigenvalue weighted by Crippen LogP contribution is 2.20. The highest BCUT2D eigenvalue weighted by molar-refractivity contribution is 5.84. The van der Waals surface area contributed by atoms with Crippen molar-refractivity contribution in [2.24, 2.45) is 5.16 Å². The Hall–Kier alpha value is -0.610. The summed E-state index contributed by atoms with van der Waals surface area (Å²) in [5.41, 5.74) is 0.909. The molecule has 86 valence electrons. The molecule has 0 spiro atoms. The zero-order chi connectivity index (χ0) is 10.5. The molecular formula is C11H19NO3. The van der Waals surface area contributed by atoms with Gasteiger partial charge in [0.15, 0.2) is 0 Å². The van der Waals surface area contributed by atoms with Gasteiger partial charge in [-0.2, -0.15) is 0 Å². The molecule has 2 aliphatic rings. The van der Waals surface area contributed by atoms with Crippen molar-refractivity contribution in [1.29, 1.82) is 0 Å². The lowest BCUT2D eigenvalue weighted by atomic mass is 9.96. The van der Waals surface area contributed by atoms with Crippen LogP contribution in [-0.4, -0.2) is 36.3 Å². The molecule has 1 heterocycles. The van der Waals surface area contributed by atoms with Crippen LogP contribution >= 0.6 is 0 Å². The summed E-state index contributed by atoms with van der Waals surface area (Å²) in [6.07, 6.45) is 6.64. The van der Waals surface area contributed by atoms with E-state index in [4.69, 9.17) is 14.7 Å². The Kier molecular flexibility index (Phi) is 3.97. The normalized spacial score (nSPS) is 31.9. The molecule has 1 saturated carbocycles. The van der Waals surface area contributed by atoms with Crippen molar-refractivity contribution in [1.82, 2.24) is 0 Å². The molecule has 4 nitrogen and oxygen atoms in total. The molecule has 2 rings (SSSR count). The lowest BCUT2D eigenvalue weighted by molar-refractivity contribution is -0.0267. The van der Waals surface area contributed by atoms with Gasteiger partial charge >= 0.3 is 0 Å². The fraction of sp³-hybridized carbons (Fsp3) is 0.909. The number of hydrogen-bond acceptors (Lipinski definition) is 4. The van der Waals surface area contributed by atoms with Gasteiger partial charge in [0, 0.05) is 6.61 Å². The molecule has 4 heteroatoms. The first-order valence-corrected chi connectivity index (χ1v) is 5.81. The fourth-order valence-corrected chi connectivity index (χ4v) is 2.21. The molecule has 1 N–H and O–H groups in total. The predicted molar refractivity (Wildman–Crippen MR) is 56.4 cm³/mol. The maximum absolute atomic E-state index is 8.61. The van der Waals surface area contributed by atoms with Gasteiger partial charge < -0.3 is 14.7 Å². The zero-order valence-corrected chi connectivity index (χ0v) is 9.02. The number of hydrogen-bond donors (Lipinski definition) is 1. The van der Waals surface area contributed by atoms with Crippen LogP contribution in [0.4, 0.5) is 0 Å². The van der Waals surface area contributed by atoms with Crippen molar-refractivity contribution in [2.75, 3.05) is 13.2 Å². The molecule has 2 fully saturated rings. The van der Waals surface area contributed by atoms with Gasteiger partial charge in [-0.15, -0.1) is 0 Å². The van der Waals surface area contributed by atoms with Gasteiger partial charge in [0.05, 0.1) is 24.5 Å². The molecule has 1 aliphatic carbocycles. The highest BCUT2D eigenvalue weighted by atomic mass is 16.5. The second kappa shape index (κ2) is 5.47. The van der Waals surface area contributed by atoms with Gasteiger partial charge in [0.25, 0.3) is 0 Å². The highest BCUT2D eigenvalue weighted by Gasteiger charge is 2.21. The molecule has 1 aliphatic heterocycles. The van der Waals surface area contributed by atoms with Crippen LogP contribution in [0.15, 0.2) is 5.16 Å². The Bertz CT molecular complexity index is 214. The van der Waals surface area contributed by atoms with Crippen LogP contribution in [0.3, 0.4) is 0 Å². The standard InChI is InChI=1S/C11H19NO3/c13-12-9-3-5-10(6-4-9)15-8-11-2-1-7-14-11/h10-11,13H,1-8H2. The monoisotopic (exact) mass is 213 g/mol. The van der Waals surface area contributed by atoms with Crippen LogP contribution < -0.4 is 0 Å². The van der Waals surface area contributed by atoms with E-state index < -0.39 is 0 Å². The fourth-order valence-electron chi connectivity index (χ4n) is 2.21. The van der Waals surface area contributed by atoms with Crippen molar-refractivity contribution in [3.05, 3.63) is 0 Å². The van der Waals surface area contributed by atoms with Crippen molar-refractivity contribution >= 4 is 5.71 Å². The summed E-state index contributed by atoms with van der Waals surface area (Å²) in [5.74, 6) is 0. The summed E-state index contributed by atoms with van der Waals surface area (Å²) in [6, 6.07) is 0. The van der Waals surface area contributed by atoms with E-state index in [0.29, 0.717) is 12.2 Å². The van der Waals surface area contributed by atoms with E-state index in [1.807, 2.05) is 0 Å². The van der Waals surface area contributed by atoms with Gasteiger partial charge in [-0.25, -0.2) is 0 Å². The number of oxime groups is 1. The van der Waals surface area contributed by atoms with Crippen molar-refractivity contribution < 1.29 is 14.7 Å². The molecule has 1 atom stereocenters. The molecule has 0 aromatic heterocycles. The lowest BCUT2D eigenvalue weighted by Gasteiger charge is -2.23. The van der Waals surface area contributed by atoms with Gasteiger partial charge in [0.1, 0.15) is 0 Å². The van der Waals surface area contributed by atoms with Crippen molar-refractivity contribution in [2.45, 2.75) is 50.7 Å². The SMILES string of the molecule is ON=C1CCC(OCC2CCCO2)CC1. The third-order valence-electron chi connectivity index (χ3n) is 3.19. The van der Waals surface area contributed by atoms with Crippen LogP contribution in [0.1, 0.15) is 38.5 Å². The Morgan fingerprint density at radius 1 is 1.33 bits per heavy atom. The molecule has 0 radical (unpaired) electrons. The van der Waals surface area contributed by atoms with Crippen LogP contribution in [0.5, 0.6) is 0 Å². The summed E-state index contributed by atoms with van der Waals surface area (Å²) in [5, 5.41) is 11.9. The third-order valence-corrected chi connectivity index (χ3v) is 3.19. The average Bonchev–Trinajstić information content (AvgIpc) is 2.80. The summed E-state index contributed by atoms with van der Waals surface area (Å²) >= 11 is 0. The van der Waals surface area contributed by atoms with Crippen molar-refractivity contribution in [3.8, 4) is 0 Å². The predicted octanol–water partition coefficient (Wildman–Crippen LogP) is 1.95. The zero-order valence-electron chi connectivity index (χ0n) is 9.02. The molecule has 1 unspecified atom stereocenters. The van der Waals surface area contributed by atoms with Gasteiger partial charge in [-0.1, -0.05) is 5.16 Å². The average molecular weight is 213 g/mol. The maximum Gasteiger partial charge on any atom is 0.0809 e. The van der Waals surface area contributed by atoms with Crippen LogP contribution in [0, 0.1) is 0 Å². The lowest BCUT2D eigenvalue weighted by Crippen LogP contribution is -2.25. The minimum atomic E-state index is 0.318. The Morgan fingerprint density at radius 3 is 2.73 bits per heavy atom. The summed E-state index contributed by atoms with van der Waals surface area (Å²) in [6.45, 7) is 1.62. The van der Waals surface area contributed by atoms with E-state index >= 15 is 0 Å². The van der Waals surface area contributed by atoms with E-state index in [1.54, 1.807) is 0 Å². The summed E-state index contributed by atoms with van der Waals surface area (Å²) in [4.78, 5) is 0. The first-order valence-electron chi connectivity index (χ1n) is 5.81. The molecule has 0 aromatic rings. The topological polar surface area (TPSA) is 51.1 Å². The quantitative estimate of drug-likeness (QED) is 0.576. The summed E-state index contributed by atoms with van der Waals surface area (Å²) in [7, 11) is 0. The van der Waals surface area contributed by atoms with E-state index in [2.05, 4.69) is 5.16 Å². The number of rotatable bonds is 3. The van der Waals surface area contributed by atoms with Gasteiger partial charge in [0.2, 0.25) is 0 Å². The maximum atomic E-state index is 8.61. The Balaban J connectivity index is 1.63. The molecule has 0 amide bonds. The van der Waals surface area contributed by atoms with Crippen LogP contribution in [0.25, 0.3) is 0 Å². The number of nitrogens with zero attached hydrogens (tertiary/aromatic N) is 1. The number of ether oxygens (including phenoxy) is 2. The van der Waals surface area contributed by atoms with E-state index in [9.17, 15) is 0 Å². The Morgan fingerprint density at radius 2 is 2.13 bits per heavy atom. The third kappa shape index (κ3) is 3.18. The molecule has 0 bridgehead atoms. The smallest absolute Gasteiger partial charge is 0.0809 e. The van der Waals surface area contributed by atoms with Crippen LogP contribution in [0.2, 0.25) is 0 Å². The first-order chi connectivity index (χ1) is 7.38.